The molecule has 17 nitrogen and oxygen atoms in total. The van der Waals surface area contributed by atoms with Crippen molar-refractivity contribution in [1.29, 1.82) is 0 Å². The standard InChI is InChI=1S/C52H52Cl4N6O11/c53-38-10-6-32(26-40(38)55)24-34-29-61(30-35(48(34)65)25-33-7-11-39(54)41(56)27-33)51(68)42(57)28-31-4-8-36(9-5-31)73-19-16-59-45(63)14-17-70-20-22-72-23-21-71-18-15-58-43-3-1-2-37-47(43)52(69)62(50(37)67)44-12-13-46(64)60-49(44)66/h1-11,24-27,42,44,58H,12-23,28-30,57H2,(H,59,63)(H,60,64,66)/b34-24+,35-25+/t42-,44?/m0/s1. The van der Waals surface area contributed by atoms with Gasteiger partial charge in [0.25, 0.3) is 11.8 Å². The maximum atomic E-state index is 13.8. The molecule has 0 radical (unpaired) electrons. The van der Waals surface area contributed by atoms with Crippen molar-refractivity contribution < 1.29 is 52.5 Å². The molecule has 21 heteroatoms. The number of nitrogens with zero attached hydrogens (tertiary/aromatic N) is 2. The van der Waals surface area contributed by atoms with Gasteiger partial charge >= 0.3 is 0 Å². The van der Waals surface area contributed by atoms with E-state index in [1.54, 1.807) is 77.7 Å². The lowest BCUT2D eigenvalue weighted by molar-refractivity contribution is -0.136. The Morgan fingerprint density at radius 2 is 1.34 bits per heavy atom. The monoisotopic (exact) mass is 1080 g/mol. The molecule has 2 atom stereocenters. The predicted octanol–water partition coefficient (Wildman–Crippen LogP) is 6.20. The van der Waals surface area contributed by atoms with Gasteiger partial charge in [0.2, 0.25) is 23.6 Å². The minimum absolute atomic E-state index is 0.0341. The van der Waals surface area contributed by atoms with E-state index in [4.69, 9.17) is 71.1 Å². The number of rotatable bonds is 23. The molecule has 6 amide bonds. The quantitative estimate of drug-likeness (QED) is 0.0370. The van der Waals surface area contributed by atoms with Crippen molar-refractivity contribution in [2.75, 3.05) is 77.7 Å². The molecule has 4 aromatic rings. The molecule has 4 aromatic carbocycles. The smallest absolute Gasteiger partial charge is 0.264 e. The number of hydrogen-bond donors (Lipinski definition) is 4. The molecule has 0 spiro atoms. The zero-order valence-electron chi connectivity index (χ0n) is 39.4. The van der Waals surface area contributed by atoms with Crippen LogP contribution in [-0.4, -0.2) is 136 Å². The molecule has 2 fully saturated rings. The molecule has 384 valence electrons. The number of benzene rings is 4. The third-order valence-electron chi connectivity index (χ3n) is 11.8. The molecule has 2 saturated heterocycles. The number of carbonyl (C=O) groups is 7. The highest BCUT2D eigenvalue weighted by Crippen LogP contribution is 2.33. The van der Waals surface area contributed by atoms with Crippen molar-refractivity contribution in [3.63, 3.8) is 0 Å². The first-order valence-corrected chi connectivity index (χ1v) is 24.9. The minimum atomic E-state index is -1.04. The summed E-state index contributed by atoms with van der Waals surface area (Å²) in [6.45, 7) is 2.58. The number of nitrogens with one attached hydrogen (secondary N) is 3. The van der Waals surface area contributed by atoms with Crippen LogP contribution in [0.15, 0.2) is 90.0 Å². The Hall–Kier alpha value is -6.15. The molecule has 73 heavy (non-hydrogen) atoms. The van der Waals surface area contributed by atoms with Crippen LogP contribution in [0.4, 0.5) is 5.69 Å². The van der Waals surface area contributed by atoms with E-state index in [1.165, 1.54) is 6.07 Å². The SMILES string of the molecule is N[C@@H](Cc1ccc(OCCNC(=O)CCOCCOCCOCCNc2cccc3c2C(=O)N(C2CCC(=O)NC2=O)C3=O)cc1)C(=O)N1C/C(=C\c2ccc(Cl)c(Cl)c2)C(=O)/C(=C/c2ccc(Cl)c(Cl)c2)C1. The lowest BCUT2D eigenvalue weighted by atomic mass is 9.93. The van der Waals surface area contributed by atoms with Crippen molar-refractivity contribution in [1.82, 2.24) is 20.4 Å². The summed E-state index contributed by atoms with van der Waals surface area (Å²) in [6, 6.07) is 20.1. The van der Waals surface area contributed by atoms with E-state index >= 15 is 0 Å². The fourth-order valence-corrected chi connectivity index (χ4v) is 8.79. The average Bonchev–Trinajstić information content (AvgIpc) is 3.62. The topological polar surface area (TPSA) is 225 Å². The summed E-state index contributed by atoms with van der Waals surface area (Å²) in [7, 11) is 0. The second kappa shape index (κ2) is 26.2. The fourth-order valence-electron chi connectivity index (χ4n) is 8.17. The molecule has 3 aliphatic heterocycles. The van der Waals surface area contributed by atoms with Crippen LogP contribution in [0.1, 0.15) is 56.7 Å². The van der Waals surface area contributed by atoms with Gasteiger partial charge in [0.05, 0.1) is 83.4 Å². The van der Waals surface area contributed by atoms with Crippen molar-refractivity contribution in [2.45, 2.75) is 37.8 Å². The molecule has 0 bridgehead atoms. The zero-order valence-corrected chi connectivity index (χ0v) is 42.4. The summed E-state index contributed by atoms with van der Waals surface area (Å²) in [5.41, 5.74) is 10.1. The maximum Gasteiger partial charge on any atom is 0.264 e. The first-order valence-electron chi connectivity index (χ1n) is 23.4. The lowest BCUT2D eigenvalue weighted by Crippen LogP contribution is -2.54. The van der Waals surface area contributed by atoms with E-state index in [9.17, 15) is 33.6 Å². The zero-order chi connectivity index (χ0) is 52.0. The second-order valence-corrected chi connectivity index (χ2v) is 18.7. The van der Waals surface area contributed by atoms with E-state index in [0.717, 1.165) is 10.5 Å². The summed E-state index contributed by atoms with van der Waals surface area (Å²) < 4.78 is 22.5. The molecule has 7 rings (SSSR count). The molecule has 3 aliphatic rings. The van der Waals surface area contributed by atoms with Gasteiger partial charge in [-0.2, -0.15) is 0 Å². The molecule has 0 saturated carbocycles. The summed E-state index contributed by atoms with van der Waals surface area (Å²) in [5, 5.41) is 9.50. The number of ketones is 1. The molecule has 3 heterocycles. The van der Waals surface area contributed by atoms with E-state index in [0.29, 0.717) is 80.2 Å². The number of piperidine rings is 2. The van der Waals surface area contributed by atoms with Crippen molar-refractivity contribution in [3.8, 4) is 5.75 Å². The highest BCUT2D eigenvalue weighted by atomic mass is 35.5. The highest BCUT2D eigenvalue weighted by Gasteiger charge is 2.45. The summed E-state index contributed by atoms with van der Waals surface area (Å²) in [6.07, 6.45) is 3.86. The van der Waals surface area contributed by atoms with Crippen LogP contribution < -0.4 is 26.4 Å². The van der Waals surface area contributed by atoms with Gasteiger partial charge in [0, 0.05) is 49.3 Å². The Bertz CT molecular complexity index is 2730. The highest BCUT2D eigenvalue weighted by molar-refractivity contribution is 6.42. The number of nitrogens with two attached hydrogens (primary N) is 1. The van der Waals surface area contributed by atoms with Crippen LogP contribution in [0.3, 0.4) is 0 Å². The van der Waals surface area contributed by atoms with Crippen molar-refractivity contribution in [2.24, 2.45) is 5.73 Å². The van der Waals surface area contributed by atoms with Crippen LogP contribution in [-0.2, 0) is 44.6 Å². The first kappa shape index (κ1) is 54.6. The third-order valence-corrected chi connectivity index (χ3v) is 13.3. The number of halogens is 4. The third kappa shape index (κ3) is 14.8. The average molecular weight is 1080 g/mol. The van der Waals surface area contributed by atoms with Gasteiger partial charge in [-0.1, -0.05) is 76.7 Å². The van der Waals surface area contributed by atoms with Gasteiger partial charge in [-0.25, -0.2) is 0 Å². The molecular formula is C52H52Cl4N6O11. The normalized spacial score (nSPS) is 17.3. The Morgan fingerprint density at radius 3 is 1.96 bits per heavy atom. The van der Waals surface area contributed by atoms with Crippen LogP contribution in [0.5, 0.6) is 5.75 Å². The fraction of sp³-hybridized carbons (Fsp3) is 0.327. The minimum Gasteiger partial charge on any atom is -0.492 e. The number of likely N-dealkylation sites (tertiary alicyclic amines) is 1. The summed E-state index contributed by atoms with van der Waals surface area (Å²) >= 11 is 24.7. The Kier molecular flexibility index (Phi) is 19.6. The molecular weight excluding hydrogens is 1030 g/mol. The van der Waals surface area contributed by atoms with E-state index in [1.807, 2.05) is 12.1 Å². The number of fused-ring (bicyclic) bond motifs is 1. The number of Topliss-reactive ketones (excluding diaryl/α,β-unsaturated/α-hetero) is 1. The van der Waals surface area contributed by atoms with Crippen LogP contribution in [0, 0.1) is 0 Å². The van der Waals surface area contributed by atoms with E-state index in [-0.39, 0.29) is 100 Å². The maximum absolute atomic E-state index is 13.8. The Balaban J connectivity index is 0.743. The van der Waals surface area contributed by atoms with Gasteiger partial charge in [0.1, 0.15) is 18.4 Å². The van der Waals surface area contributed by atoms with Gasteiger partial charge in [-0.3, -0.25) is 43.8 Å². The van der Waals surface area contributed by atoms with E-state index < -0.39 is 35.7 Å². The largest absolute Gasteiger partial charge is 0.492 e. The number of ether oxygens (including phenoxy) is 4. The Labute approximate surface area is 441 Å². The summed E-state index contributed by atoms with van der Waals surface area (Å²) in [5.74, 6) is -2.47. The van der Waals surface area contributed by atoms with Gasteiger partial charge in [-0.05, 0) is 90.2 Å². The van der Waals surface area contributed by atoms with Crippen molar-refractivity contribution >= 4 is 105 Å². The molecule has 1 unspecified atom stereocenters. The molecule has 5 N–H and O–H groups in total. The van der Waals surface area contributed by atoms with E-state index in [2.05, 4.69) is 16.0 Å². The van der Waals surface area contributed by atoms with Gasteiger partial charge < -0.3 is 40.2 Å². The summed E-state index contributed by atoms with van der Waals surface area (Å²) in [4.78, 5) is 92.6. The number of amides is 6. The van der Waals surface area contributed by atoms with Gasteiger partial charge in [-0.15, -0.1) is 0 Å². The molecule has 0 aromatic heterocycles. The van der Waals surface area contributed by atoms with Crippen LogP contribution in [0.25, 0.3) is 12.2 Å². The number of carbonyl (C=O) groups excluding carboxylic acids is 7. The second-order valence-electron chi connectivity index (χ2n) is 17.1. The first-order chi connectivity index (χ1) is 35.2. The van der Waals surface area contributed by atoms with Crippen LogP contribution >= 0.6 is 46.4 Å². The van der Waals surface area contributed by atoms with Crippen LogP contribution in [0.2, 0.25) is 20.1 Å². The van der Waals surface area contributed by atoms with Crippen molar-refractivity contribution in [3.05, 3.63) is 138 Å². The number of anilines is 1. The van der Waals surface area contributed by atoms with Gasteiger partial charge in [0.15, 0.2) is 5.78 Å². The Morgan fingerprint density at radius 1 is 0.726 bits per heavy atom. The number of imide groups is 2. The predicted molar refractivity (Wildman–Crippen MR) is 276 cm³/mol. The lowest BCUT2D eigenvalue weighted by Gasteiger charge is -2.32. The molecule has 0 aliphatic carbocycles. The number of hydrogen-bond acceptors (Lipinski definition) is 13.